The van der Waals surface area contributed by atoms with Crippen molar-refractivity contribution in [3.05, 3.63) is 81.5 Å². The Labute approximate surface area is 190 Å². The van der Waals surface area contributed by atoms with Crippen LogP contribution in [0.5, 0.6) is 5.75 Å². The van der Waals surface area contributed by atoms with E-state index in [1.807, 2.05) is 22.8 Å². The predicted molar refractivity (Wildman–Crippen MR) is 126 cm³/mol. The highest BCUT2D eigenvalue weighted by Gasteiger charge is 2.24. The van der Waals surface area contributed by atoms with Gasteiger partial charge in [0.15, 0.2) is 11.4 Å². The van der Waals surface area contributed by atoms with E-state index in [0.29, 0.717) is 27.9 Å². The normalized spacial score (nSPS) is 14.7. The van der Waals surface area contributed by atoms with Gasteiger partial charge in [-0.2, -0.15) is 0 Å². The van der Waals surface area contributed by atoms with Gasteiger partial charge >= 0.3 is 5.69 Å². The zero-order valence-corrected chi connectivity index (χ0v) is 18.6. The maximum atomic E-state index is 12.9. The van der Waals surface area contributed by atoms with Crippen LogP contribution in [0.4, 0.5) is 5.82 Å². The van der Waals surface area contributed by atoms with Crippen molar-refractivity contribution >= 4 is 22.8 Å². The summed E-state index contributed by atoms with van der Waals surface area (Å²) in [5.74, 6) is 0.914. The molecule has 1 aliphatic heterocycles. The monoisotopic (exact) mass is 443 g/mol. The summed E-state index contributed by atoms with van der Waals surface area (Å²) < 4.78 is 1.82. The number of imidazole rings is 1. The fourth-order valence-electron chi connectivity index (χ4n) is 4.64. The number of piperidine rings is 1. The Morgan fingerprint density at radius 2 is 1.79 bits per heavy atom. The maximum Gasteiger partial charge on any atom is 0.327 e. The number of hydrogen-bond donors (Lipinski definition) is 2. The Bertz CT molecular complexity index is 1370. The van der Waals surface area contributed by atoms with Gasteiger partial charge in [-0.15, -0.1) is 0 Å². The number of carbonyl (C=O) groups excluding carboxylic acids is 1. The second-order valence-electron chi connectivity index (χ2n) is 8.58. The van der Waals surface area contributed by atoms with Crippen LogP contribution in [0, 0.1) is 13.8 Å². The highest BCUT2D eigenvalue weighted by molar-refractivity contribution is 6.09. The first-order valence-electron chi connectivity index (χ1n) is 11.0. The van der Waals surface area contributed by atoms with E-state index < -0.39 is 0 Å². The predicted octanol–water partition coefficient (Wildman–Crippen LogP) is 3.51. The Hall–Kier alpha value is -3.94. The first kappa shape index (κ1) is 20.9. The molecule has 0 atom stereocenters. The van der Waals surface area contributed by atoms with Crippen LogP contribution in [0.3, 0.4) is 0 Å². The molecule has 5 rings (SSSR count). The SMILES string of the molecule is Cc1cc(C(=O)c2ccc(N3CCC(n4c(=O)[nH]c5ncccc54)CC3)nc2)cc(C)c1O. The van der Waals surface area contributed by atoms with E-state index in [1.165, 1.54) is 0 Å². The molecule has 1 fully saturated rings. The zero-order valence-electron chi connectivity index (χ0n) is 18.6. The minimum absolute atomic E-state index is 0.105. The van der Waals surface area contributed by atoms with E-state index in [2.05, 4.69) is 19.9 Å². The number of ketones is 1. The van der Waals surface area contributed by atoms with Crippen LogP contribution in [0.1, 0.15) is 45.9 Å². The number of aromatic nitrogens is 4. The second kappa shape index (κ2) is 8.20. The van der Waals surface area contributed by atoms with E-state index in [9.17, 15) is 14.7 Å². The summed E-state index contributed by atoms with van der Waals surface area (Å²) in [7, 11) is 0. The molecule has 1 aromatic carbocycles. The number of pyridine rings is 2. The van der Waals surface area contributed by atoms with Crippen molar-refractivity contribution in [3.8, 4) is 5.75 Å². The Balaban J connectivity index is 1.29. The van der Waals surface area contributed by atoms with Crippen LogP contribution >= 0.6 is 0 Å². The van der Waals surface area contributed by atoms with Crippen LogP contribution in [0.2, 0.25) is 0 Å². The number of H-pyrrole nitrogens is 1. The maximum absolute atomic E-state index is 12.9. The summed E-state index contributed by atoms with van der Waals surface area (Å²) in [5, 5.41) is 9.96. The van der Waals surface area contributed by atoms with Gasteiger partial charge in [0, 0.05) is 42.7 Å². The van der Waals surface area contributed by atoms with Gasteiger partial charge in [-0.3, -0.25) is 14.3 Å². The largest absolute Gasteiger partial charge is 0.507 e. The highest BCUT2D eigenvalue weighted by atomic mass is 16.3. The minimum Gasteiger partial charge on any atom is -0.507 e. The van der Waals surface area contributed by atoms with Crippen LogP contribution in [-0.2, 0) is 0 Å². The van der Waals surface area contributed by atoms with Crippen LogP contribution in [-0.4, -0.2) is 43.5 Å². The summed E-state index contributed by atoms with van der Waals surface area (Å²) in [5.41, 5.74) is 3.73. The number of nitrogens with zero attached hydrogens (tertiary/aromatic N) is 4. The number of carbonyl (C=O) groups is 1. The van der Waals surface area contributed by atoms with E-state index in [4.69, 9.17) is 0 Å². The van der Waals surface area contributed by atoms with Gasteiger partial charge in [-0.25, -0.2) is 14.8 Å². The fourth-order valence-corrected chi connectivity index (χ4v) is 4.64. The van der Waals surface area contributed by atoms with Crippen LogP contribution in [0.15, 0.2) is 53.6 Å². The molecule has 0 radical (unpaired) electrons. The number of anilines is 1. The summed E-state index contributed by atoms with van der Waals surface area (Å²) in [4.78, 5) is 39.1. The third kappa shape index (κ3) is 3.77. The van der Waals surface area contributed by atoms with Crippen molar-refractivity contribution in [1.82, 2.24) is 19.5 Å². The molecule has 4 heterocycles. The number of phenolic OH excluding ortho intramolecular Hbond substituents is 1. The molecular weight excluding hydrogens is 418 g/mol. The molecule has 168 valence electrons. The number of aromatic amines is 1. The number of benzene rings is 1. The number of hydrogen-bond acceptors (Lipinski definition) is 6. The fraction of sp³-hybridized carbons (Fsp3) is 0.280. The first-order chi connectivity index (χ1) is 15.9. The summed E-state index contributed by atoms with van der Waals surface area (Å²) >= 11 is 0. The Kier molecular flexibility index (Phi) is 5.20. The number of phenols is 1. The van der Waals surface area contributed by atoms with Gasteiger partial charge in [-0.05, 0) is 74.2 Å². The average molecular weight is 444 g/mol. The summed E-state index contributed by atoms with van der Waals surface area (Å²) in [6, 6.07) is 10.9. The van der Waals surface area contributed by atoms with Gasteiger partial charge in [0.1, 0.15) is 11.6 Å². The van der Waals surface area contributed by atoms with Gasteiger partial charge in [0.25, 0.3) is 0 Å². The molecule has 33 heavy (non-hydrogen) atoms. The molecular formula is C25H25N5O3. The van der Waals surface area contributed by atoms with E-state index in [0.717, 1.165) is 37.3 Å². The van der Waals surface area contributed by atoms with E-state index in [1.54, 1.807) is 44.4 Å². The lowest BCUT2D eigenvalue weighted by Gasteiger charge is -2.33. The van der Waals surface area contributed by atoms with Gasteiger partial charge < -0.3 is 10.0 Å². The van der Waals surface area contributed by atoms with Crippen LogP contribution in [0.25, 0.3) is 11.2 Å². The smallest absolute Gasteiger partial charge is 0.327 e. The standard InChI is InChI=1S/C25H25N5O3/c1-15-12-18(13-16(2)22(15)31)23(32)17-5-6-21(27-14-17)29-10-7-19(8-11-29)30-20-4-3-9-26-24(20)28-25(30)33/h3-6,9,12-14,19,31H,7-8,10-11H2,1-2H3,(H,26,28,33). The molecule has 0 bridgehead atoms. The van der Waals surface area contributed by atoms with Crippen molar-refractivity contribution in [2.75, 3.05) is 18.0 Å². The molecule has 8 nitrogen and oxygen atoms in total. The number of rotatable bonds is 4. The Morgan fingerprint density at radius 3 is 2.45 bits per heavy atom. The number of nitrogens with one attached hydrogen (secondary N) is 1. The summed E-state index contributed by atoms with van der Waals surface area (Å²) in [6.45, 7) is 5.09. The lowest BCUT2D eigenvalue weighted by molar-refractivity contribution is 0.103. The molecule has 1 saturated heterocycles. The molecule has 1 aliphatic rings. The molecule has 0 saturated carbocycles. The van der Waals surface area contributed by atoms with E-state index >= 15 is 0 Å². The first-order valence-corrected chi connectivity index (χ1v) is 11.0. The molecule has 2 N–H and O–H groups in total. The molecule has 0 spiro atoms. The van der Waals surface area contributed by atoms with Crippen molar-refractivity contribution < 1.29 is 9.90 Å². The number of aryl methyl sites for hydroxylation is 2. The highest BCUT2D eigenvalue weighted by Crippen LogP contribution is 2.28. The molecule has 4 aromatic rings. The lowest BCUT2D eigenvalue weighted by atomic mass is 9.99. The molecule has 3 aromatic heterocycles. The third-order valence-electron chi connectivity index (χ3n) is 6.41. The van der Waals surface area contributed by atoms with Gasteiger partial charge in [-0.1, -0.05) is 0 Å². The van der Waals surface area contributed by atoms with Gasteiger partial charge in [0.2, 0.25) is 0 Å². The third-order valence-corrected chi connectivity index (χ3v) is 6.41. The topological polar surface area (TPSA) is 104 Å². The second-order valence-corrected chi connectivity index (χ2v) is 8.58. The quantitative estimate of drug-likeness (QED) is 0.468. The van der Waals surface area contributed by atoms with Crippen molar-refractivity contribution in [3.63, 3.8) is 0 Å². The molecule has 0 amide bonds. The zero-order chi connectivity index (χ0) is 23.1. The Morgan fingerprint density at radius 1 is 1.06 bits per heavy atom. The van der Waals surface area contributed by atoms with Crippen molar-refractivity contribution in [2.45, 2.75) is 32.7 Å². The van der Waals surface area contributed by atoms with E-state index in [-0.39, 0.29) is 23.3 Å². The molecule has 8 heteroatoms. The molecule has 0 unspecified atom stereocenters. The number of aromatic hydroxyl groups is 1. The lowest BCUT2D eigenvalue weighted by Crippen LogP contribution is -2.37. The van der Waals surface area contributed by atoms with Crippen molar-refractivity contribution in [2.24, 2.45) is 0 Å². The number of fused-ring (bicyclic) bond motifs is 1. The van der Waals surface area contributed by atoms with Crippen molar-refractivity contribution in [1.29, 1.82) is 0 Å². The summed E-state index contributed by atoms with van der Waals surface area (Å²) in [6.07, 6.45) is 4.92. The van der Waals surface area contributed by atoms with Crippen LogP contribution < -0.4 is 10.6 Å². The molecule has 0 aliphatic carbocycles. The van der Waals surface area contributed by atoms with Gasteiger partial charge in [0.05, 0.1) is 5.52 Å². The average Bonchev–Trinajstić information content (AvgIpc) is 3.17. The minimum atomic E-state index is -0.122.